The van der Waals surface area contributed by atoms with Crippen molar-refractivity contribution in [2.45, 2.75) is 79.0 Å². The van der Waals surface area contributed by atoms with Crippen molar-refractivity contribution in [1.29, 1.82) is 0 Å². The summed E-state index contributed by atoms with van der Waals surface area (Å²) >= 11 is 0. The fourth-order valence-electron chi connectivity index (χ4n) is 8.57. The first-order valence-electron chi connectivity index (χ1n) is 22.7. The van der Waals surface area contributed by atoms with Crippen molar-refractivity contribution in [1.82, 2.24) is 14.5 Å². The molecule has 0 saturated heterocycles. The number of fused-ring (bicyclic) bond motifs is 1. The van der Waals surface area contributed by atoms with E-state index in [0.29, 0.717) is 11.4 Å². The van der Waals surface area contributed by atoms with E-state index in [4.69, 9.17) is 11.3 Å². The Morgan fingerprint density at radius 2 is 1.22 bits per heavy atom. The van der Waals surface area contributed by atoms with Crippen molar-refractivity contribution in [3.8, 4) is 78.6 Å². The van der Waals surface area contributed by atoms with E-state index in [2.05, 4.69) is 186 Å². The molecule has 0 atom stereocenters. The Morgan fingerprint density at radius 3 is 1.88 bits per heavy atom. The van der Waals surface area contributed by atoms with Gasteiger partial charge in [-0.15, -0.1) is 23.8 Å². The minimum Gasteiger partial charge on any atom is -0.507 e. The van der Waals surface area contributed by atoms with Crippen LogP contribution in [-0.4, -0.2) is 19.6 Å². The third-order valence-corrected chi connectivity index (χ3v) is 12.4. The van der Waals surface area contributed by atoms with E-state index < -0.39 is 5.89 Å². The number of benzene rings is 7. The quantitative estimate of drug-likeness (QED) is 0.154. The van der Waals surface area contributed by atoms with Gasteiger partial charge in [0.1, 0.15) is 11.6 Å². The van der Waals surface area contributed by atoms with Crippen molar-refractivity contribution >= 4 is 11.0 Å². The molecule has 0 spiro atoms. The van der Waals surface area contributed by atoms with Gasteiger partial charge in [0.25, 0.3) is 0 Å². The molecule has 4 nitrogen and oxygen atoms in total. The molecular weight excluding hydrogens is 974 g/mol. The number of pyridine rings is 1. The number of aromatic nitrogens is 3. The van der Waals surface area contributed by atoms with Gasteiger partial charge in [-0.1, -0.05) is 187 Å². The number of aromatic hydroxyl groups is 1. The first kappa shape index (κ1) is 43.9. The van der Waals surface area contributed by atoms with E-state index >= 15 is 0 Å². The molecule has 9 rings (SSSR count). The Labute approximate surface area is 400 Å². The second kappa shape index (κ2) is 17.9. The molecule has 9 aromatic rings. The molecule has 0 aliphatic rings. The second-order valence-electron chi connectivity index (χ2n) is 19.3. The SMILES string of the molecule is [2H]C(C)(C)c1ccc(-c2ccnc(-c3[c-]c(-c4cccc5c4nc(-c4cc(C(C)(C)C)cc(C)c4O)n5-c4ccc(C(C)(C)C)cc4-c4ccccc4)cc(-c4ccccc4)c3)c2)cc1.[Pt]. The van der Waals surface area contributed by atoms with Gasteiger partial charge in [0.2, 0.25) is 0 Å². The van der Waals surface area contributed by atoms with Gasteiger partial charge in [-0.05, 0) is 98.5 Å². The summed E-state index contributed by atoms with van der Waals surface area (Å²) in [5.74, 6) is 0.197. The van der Waals surface area contributed by atoms with Crippen LogP contribution in [0.3, 0.4) is 0 Å². The van der Waals surface area contributed by atoms with Gasteiger partial charge in [0.05, 0.1) is 22.3 Å². The zero-order chi connectivity index (χ0) is 45.8. The van der Waals surface area contributed by atoms with E-state index in [0.717, 1.165) is 89.2 Å². The summed E-state index contributed by atoms with van der Waals surface area (Å²) in [4.78, 5) is 10.5. The summed E-state index contributed by atoms with van der Waals surface area (Å²) in [5.41, 5.74) is 17.1. The summed E-state index contributed by atoms with van der Waals surface area (Å²) in [7, 11) is 0. The first-order valence-corrected chi connectivity index (χ1v) is 22.2. The van der Waals surface area contributed by atoms with E-state index in [9.17, 15) is 5.11 Å². The molecule has 328 valence electrons. The number of para-hydroxylation sites is 1. The summed E-state index contributed by atoms with van der Waals surface area (Å²) in [5, 5.41) is 12.1. The van der Waals surface area contributed by atoms with Crippen molar-refractivity contribution in [3.63, 3.8) is 0 Å². The predicted octanol–water partition coefficient (Wildman–Crippen LogP) is 16.0. The molecule has 0 radical (unpaired) electrons. The Morgan fingerprint density at radius 1 is 0.585 bits per heavy atom. The van der Waals surface area contributed by atoms with Crippen LogP contribution in [-0.2, 0) is 31.9 Å². The van der Waals surface area contributed by atoms with Gasteiger partial charge < -0.3 is 5.11 Å². The summed E-state index contributed by atoms with van der Waals surface area (Å²) in [6.45, 7) is 19.2. The molecule has 2 heterocycles. The van der Waals surface area contributed by atoms with Crippen LogP contribution >= 0.6 is 0 Å². The number of aryl methyl sites for hydroxylation is 1. The molecule has 0 aliphatic heterocycles. The molecule has 0 aliphatic carbocycles. The fourth-order valence-corrected chi connectivity index (χ4v) is 8.57. The number of imidazole rings is 1. The summed E-state index contributed by atoms with van der Waals surface area (Å²) in [6, 6.07) is 58.9. The maximum atomic E-state index is 12.1. The van der Waals surface area contributed by atoms with Crippen molar-refractivity contribution in [3.05, 3.63) is 192 Å². The molecule has 5 heteroatoms. The maximum absolute atomic E-state index is 12.1. The van der Waals surface area contributed by atoms with E-state index in [1.54, 1.807) is 0 Å². The fraction of sp³-hybridized carbons (Fsp3) is 0.200. The molecule has 1 N–H and O–H groups in total. The maximum Gasteiger partial charge on any atom is 0.148 e. The van der Waals surface area contributed by atoms with Gasteiger partial charge in [0.15, 0.2) is 0 Å². The van der Waals surface area contributed by atoms with Crippen molar-refractivity contribution in [2.75, 3.05) is 0 Å². The standard InChI is InChI=1S/C60H56N3O.Pt/c1-38(2)40-23-25-42(26-24-40)44-29-30-61-53(35-44)47-33-45(41-17-12-10-13-18-41)32-46(34-47)50-21-16-22-55-56(50)62-58(52-37-49(60(7,8)9)31-39(3)57(52)64)63(55)54-28-27-48(59(4,5)6)36-51(54)43-19-14-11-15-20-43;/h10-33,35-38,64H,1-9H3;/q-1;/i38D;. The Bertz CT molecular complexity index is 3210. The van der Waals surface area contributed by atoms with Crippen LogP contribution < -0.4 is 0 Å². The number of nitrogens with zero attached hydrogens (tertiary/aromatic N) is 3. The van der Waals surface area contributed by atoms with Gasteiger partial charge in [-0.3, -0.25) is 9.55 Å². The first-order chi connectivity index (χ1) is 30.9. The number of phenols is 1. The normalized spacial score (nSPS) is 12.2. The largest absolute Gasteiger partial charge is 0.507 e. The van der Waals surface area contributed by atoms with Crippen LogP contribution in [0.4, 0.5) is 0 Å². The molecule has 0 saturated carbocycles. The molecule has 2 aromatic heterocycles. The molecule has 0 unspecified atom stereocenters. The van der Waals surface area contributed by atoms with Crippen LogP contribution in [0, 0.1) is 13.0 Å². The minimum atomic E-state index is -0.679. The Balaban J connectivity index is 0.00000592. The Hall–Kier alpha value is -6.35. The monoisotopic (exact) mass is 1030 g/mol. The average Bonchev–Trinajstić information content (AvgIpc) is 3.68. The average molecular weight is 1030 g/mol. The Kier molecular flexibility index (Phi) is 12.1. The van der Waals surface area contributed by atoms with Crippen molar-refractivity contribution < 1.29 is 27.5 Å². The van der Waals surface area contributed by atoms with E-state index in [-0.39, 0.29) is 37.6 Å². The topological polar surface area (TPSA) is 50.9 Å². The number of hydrogen-bond donors (Lipinski definition) is 1. The van der Waals surface area contributed by atoms with Gasteiger partial charge in [-0.2, -0.15) is 0 Å². The van der Waals surface area contributed by atoms with Crippen LogP contribution in [0.1, 0.15) is 84.9 Å². The number of hydrogen-bond acceptors (Lipinski definition) is 3. The molecule has 0 amide bonds. The molecule has 0 bridgehead atoms. The molecule has 7 aromatic carbocycles. The predicted molar refractivity (Wildman–Crippen MR) is 268 cm³/mol. The number of phenolic OH excluding ortho intramolecular Hbond substituents is 1. The van der Waals surface area contributed by atoms with Crippen LogP contribution in [0.15, 0.2) is 164 Å². The second-order valence-corrected chi connectivity index (χ2v) is 19.3. The molecule has 65 heavy (non-hydrogen) atoms. The van der Waals surface area contributed by atoms with Gasteiger partial charge >= 0.3 is 0 Å². The molecular formula is C60H56N3OPt-. The summed E-state index contributed by atoms with van der Waals surface area (Å²) < 4.78 is 10.8. The van der Waals surface area contributed by atoms with Crippen LogP contribution in [0.2, 0.25) is 0 Å². The zero-order valence-electron chi connectivity index (χ0n) is 39.7. The smallest absolute Gasteiger partial charge is 0.148 e. The third kappa shape index (κ3) is 9.02. The number of rotatable bonds is 8. The van der Waals surface area contributed by atoms with E-state index in [1.807, 2.05) is 51.2 Å². The van der Waals surface area contributed by atoms with E-state index in [1.165, 1.54) is 5.56 Å². The van der Waals surface area contributed by atoms with Gasteiger partial charge in [-0.25, -0.2) is 4.98 Å². The van der Waals surface area contributed by atoms with Crippen LogP contribution in [0.5, 0.6) is 5.75 Å². The summed E-state index contributed by atoms with van der Waals surface area (Å²) in [6.07, 6.45) is 1.86. The zero-order valence-corrected chi connectivity index (χ0v) is 41.0. The van der Waals surface area contributed by atoms with Crippen molar-refractivity contribution in [2.24, 2.45) is 0 Å². The van der Waals surface area contributed by atoms with Crippen LogP contribution in [0.25, 0.3) is 83.9 Å². The minimum absolute atomic E-state index is 0. The van der Waals surface area contributed by atoms with Gasteiger partial charge in [0, 0.05) is 39.9 Å². The third-order valence-electron chi connectivity index (χ3n) is 12.4. The molecule has 0 fully saturated rings.